The Balaban J connectivity index is 1.34. The molecule has 3 aliphatic rings. The molecule has 0 bridgehead atoms. The summed E-state index contributed by atoms with van der Waals surface area (Å²) in [4.78, 5) is 79.5. The normalized spacial score (nSPS) is 16.5. The third-order valence-corrected chi connectivity index (χ3v) is 7.40. The molecule has 11 nitrogen and oxygen atoms in total. The molecule has 208 valence electrons. The number of carbonyl (C=O) groups is 6. The molecule has 0 aromatic heterocycles. The van der Waals surface area contributed by atoms with Gasteiger partial charge in [0, 0.05) is 28.5 Å². The number of hydrazine groups is 2. The lowest BCUT2D eigenvalue weighted by atomic mass is 9.80. The van der Waals surface area contributed by atoms with E-state index in [-0.39, 0.29) is 33.4 Å². The molecule has 11 heteroatoms. The van der Waals surface area contributed by atoms with Crippen LogP contribution in [0.4, 0.5) is 0 Å². The van der Waals surface area contributed by atoms with E-state index in [0.29, 0.717) is 27.0 Å². The van der Waals surface area contributed by atoms with Crippen molar-refractivity contribution < 1.29 is 28.8 Å². The van der Waals surface area contributed by atoms with Crippen LogP contribution < -0.4 is 16.2 Å². The number of imide groups is 2. The minimum atomic E-state index is -0.988. The van der Waals surface area contributed by atoms with E-state index >= 15 is 0 Å². The first-order chi connectivity index (χ1) is 20.2. The summed E-state index contributed by atoms with van der Waals surface area (Å²) in [6.45, 7) is 3.27. The van der Waals surface area contributed by atoms with Crippen LogP contribution in [0.15, 0.2) is 101 Å². The molecule has 6 rings (SSSR count). The van der Waals surface area contributed by atoms with Crippen molar-refractivity contribution >= 4 is 35.4 Å². The Kier molecular flexibility index (Phi) is 6.26. The number of rotatable bonds is 5. The lowest BCUT2D eigenvalue weighted by molar-refractivity contribution is -0.121. The molecule has 0 radical (unpaired) electrons. The minimum absolute atomic E-state index is 0.0656. The van der Waals surface area contributed by atoms with Crippen LogP contribution in [0.2, 0.25) is 0 Å². The number of nitrogens with one attached hydrogen (secondary N) is 3. The van der Waals surface area contributed by atoms with E-state index in [9.17, 15) is 28.8 Å². The highest BCUT2D eigenvalue weighted by atomic mass is 16.2. The van der Waals surface area contributed by atoms with Crippen molar-refractivity contribution in [1.29, 1.82) is 0 Å². The maximum atomic E-state index is 13.8. The van der Waals surface area contributed by atoms with Crippen molar-refractivity contribution in [3.8, 4) is 0 Å². The lowest BCUT2D eigenvalue weighted by Crippen LogP contribution is -2.50. The first kappa shape index (κ1) is 26.4. The molecular weight excluding hydrogens is 538 g/mol. The molecule has 0 fully saturated rings. The predicted octanol–water partition coefficient (Wildman–Crippen LogP) is 2.58. The van der Waals surface area contributed by atoms with Crippen LogP contribution in [0, 0.1) is 0 Å². The smallest absolute Gasteiger partial charge is 0.280 e. The number of carbonyl (C=O) groups excluding carboxylic acids is 6. The number of benzene rings is 3. The van der Waals surface area contributed by atoms with Gasteiger partial charge in [-0.25, -0.2) is 0 Å². The van der Waals surface area contributed by atoms with Crippen LogP contribution in [0.5, 0.6) is 0 Å². The number of dihydropyridines is 1. The number of amides is 6. The highest BCUT2D eigenvalue weighted by Crippen LogP contribution is 2.38. The summed E-state index contributed by atoms with van der Waals surface area (Å²) in [5, 5.41) is 4.33. The van der Waals surface area contributed by atoms with Gasteiger partial charge in [0.2, 0.25) is 0 Å². The van der Waals surface area contributed by atoms with E-state index in [0.717, 1.165) is 0 Å². The van der Waals surface area contributed by atoms with Gasteiger partial charge in [-0.3, -0.25) is 39.6 Å². The summed E-state index contributed by atoms with van der Waals surface area (Å²) < 4.78 is 0. The van der Waals surface area contributed by atoms with Crippen LogP contribution in [0.3, 0.4) is 0 Å². The first-order valence-electron chi connectivity index (χ1n) is 13.0. The maximum Gasteiger partial charge on any atom is 0.280 e. The summed E-state index contributed by atoms with van der Waals surface area (Å²) in [5.41, 5.74) is 6.93. The fraction of sp³-hybridized carbons (Fsp3) is 0.0968. The zero-order chi connectivity index (χ0) is 29.7. The summed E-state index contributed by atoms with van der Waals surface area (Å²) >= 11 is 0. The fourth-order valence-electron chi connectivity index (χ4n) is 5.48. The second-order valence-corrected chi connectivity index (χ2v) is 9.91. The van der Waals surface area contributed by atoms with Crippen molar-refractivity contribution in [1.82, 2.24) is 26.2 Å². The van der Waals surface area contributed by atoms with Crippen molar-refractivity contribution in [3.05, 3.63) is 129 Å². The largest absolute Gasteiger partial charge is 0.362 e. The van der Waals surface area contributed by atoms with Crippen molar-refractivity contribution in [2.24, 2.45) is 0 Å². The Morgan fingerprint density at radius 1 is 0.571 bits per heavy atom. The maximum absolute atomic E-state index is 13.8. The average Bonchev–Trinajstić information content (AvgIpc) is 3.37. The quantitative estimate of drug-likeness (QED) is 0.406. The molecule has 3 aromatic rings. The Hall–Kier alpha value is -5.84. The number of hydrogen-bond acceptors (Lipinski definition) is 7. The molecule has 0 saturated carbocycles. The summed E-state index contributed by atoms with van der Waals surface area (Å²) in [6, 6.07) is 21.1. The average molecular weight is 562 g/mol. The Morgan fingerprint density at radius 3 is 1.26 bits per heavy atom. The van der Waals surface area contributed by atoms with E-state index in [4.69, 9.17) is 0 Å². The van der Waals surface area contributed by atoms with Gasteiger partial charge in [0.15, 0.2) is 0 Å². The van der Waals surface area contributed by atoms with E-state index in [1.54, 1.807) is 68.4 Å². The third kappa shape index (κ3) is 4.06. The Bertz CT molecular complexity index is 1630. The van der Waals surface area contributed by atoms with E-state index < -0.39 is 41.4 Å². The standard InChI is InChI=1S/C31H23N5O6/c1-16-23(26(37)33-35-28(39)19-12-6-7-13-20(19)29(35)40)25(18-10-4-3-5-11-18)24(17(2)32-16)27(38)34-36-30(41)21-14-8-9-15-22(21)31(36)42/h3-15,25,32H,1-2H3,(H,33,37)(H,34,38). The fourth-order valence-corrected chi connectivity index (χ4v) is 5.48. The van der Waals surface area contributed by atoms with Gasteiger partial charge >= 0.3 is 0 Å². The molecule has 0 atom stereocenters. The third-order valence-electron chi connectivity index (χ3n) is 7.40. The van der Waals surface area contributed by atoms with Gasteiger partial charge in [-0.2, -0.15) is 10.0 Å². The molecule has 6 amide bonds. The van der Waals surface area contributed by atoms with Gasteiger partial charge in [0.25, 0.3) is 35.4 Å². The number of hydrogen-bond donors (Lipinski definition) is 3. The second-order valence-electron chi connectivity index (χ2n) is 9.91. The molecule has 0 unspecified atom stereocenters. The molecule has 3 heterocycles. The molecule has 3 aliphatic heterocycles. The molecule has 3 N–H and O–H groups in total. The van der Waals surface area contributed by atoms with Gasteiger partial charge in [-0.05, 0) is 43.7 Å². The van der Waals surface area contributed by atoms with Crippen LogP contribution in [-0.4, -0.2) is 45.5 Å². The number of nitrogens with zero attached hydrogens (tertiary/aromatic N) is 2. The van der Waals surface area contributed by atoms with Gasteiger partial charge in [0.05, 0.1) is 22.3 Å². The second kappa shape index (κ2) is 9.97. The van der Waals surface area contributed by atoms with Gasteiger partial charge in [-0.15, -0.1) is 0 Å². The molecular formula is C31H23N5O6. The van der Waals surface area contributed by atoms with Crippen molar-refractivity contribution in [2.45, 2.75) is 19.8 Å². The first-order valence-corrected chi connectivity index (χ1v) is 13.0. The molecule has 42 heavy (non-hydrogen) atoms. The SMILES string of the molecule is CC1=C(C(=O)NN2C(=O)c3ccccc3C2=O)C(c2ccccc2)C(C(=O)NN2C(=O)c3ccccc3C2=O)=C(C)N1. The van der Waals surface area contributed by atoms with Crippen molar-refractivity contribution in [3.63, 3.8) is 0 Å². The minimum Gasteiger partial charge on any atom is -0.362 e. The summed E-state index contributed by atoms with van der Waals surface area (Å²) in [5.74, 6) is -5.30. The van der Waals surface area contributed by atoms with E-state index in [1.807, 2.05) is 0 Å². The molecule has 3 aromatic carbocycles. The van der Waals surface area contributed by atoms with Crippen LogP contribution in [-0.2, 0) is 9.59 Å². The van der Waals surface area contributed by atoms with E-state index in [2.05, 4.69) is 16.2 Å². The predicted molar refractivity (Wildman–Crippen MR) is 148 cm³/mol. The summed E-state index contributed by atoms with van der Waals surface area (Å²) in [6.07, 6.45) is 0. The van der Waals surface area contributed by atoms with Gasteiger partial charge in [0.1, 0.15) is 0 Å². The highest BCUT2D eigenvalue weighted by molar-refractivity contribution is 6.23. The highest BCUT2D eigenvalue weighted by Gasteiger charge is 2.43. The van der Waals surface area contributed by atoms with Gasteiger partial charge in [-0.1, -0.05) is 54.6 Å². The number of allylic oxidation sites excluding steroid dienone is 2. The van der Waals surface area contributed by atoms with E-state index in [1.165, 1.54) is 24.3 Å². The zero-order valence-corrected chi connectivity index (χ0v) is 22.4. The molecule has 0 spiro atoms. The zero-order valence-electron chi connectivity index (χ0n) is 22.4. The van der Waals surface area contributed by atoms with Crippen molar-refractivity contribution in [2.75, 3.05) is 0 Å². The van der Waals surface area contributed by atoms with Crippen LogP contribution in [0.25, 0.3) is 0 Å². The number of fused-ring (bicyclic) bond motifs is 2. The topological polar surface area (TPSA) is 145 Å². The van der Waals surface area contributed by atoms with Crippen LogP contribution >= 0.6 is 0 Å². The van der Waals surface area contributed by atoms with Crippen LogP contribution in [0.1, 0.15) is 66.8 Å². The Morgan fingerprint density at radius 2 is 0.905 bits per heavy atom. The lowest BCUT2D eigenvalue weighted by Gasteiger charge is -2.32. The Labute approximate surface area is 239 Å². The molecule has 0 saturated heterocycles. The summed E-state index contributed by atoms with van der Waals surface area (Å²) in [7, 11) is 0. The monoisotopic (exact) mass is 561 g/mol. The molecule has 0 aliphatic carbocycles. The van der Waals surface area contributed by atoms with Gasteiger partial charge < -0.3 is 5.32 Å².